The van der Waals surface area contributed by atoms with Crippen molar-refractivity contribution < 1.29 is 19.1 Å². The van der Waals surface area contributed by atoms with Crippen molar-refractivity contribution in [3.05, 3.63) is 22.8 Å². The van der Waals surface area contributed by atoms with Gasteiger partial charge in [0.25, 0.3) is 0 Å². The number of thiazole rings is 1. The van der Waals surface area contributed by atoms with Crippen LogP contribution in [0.1, 0.15) is 24.5 Å². The highest BCUT2D eigenvalue weighted by molar-refractivity contribution is 8.01. The monoisotopic (exact) mass is 381 g/mol. The van der Waals surface area contributed by atoms with Crippen molar-refractivity contribution in [2.45, 2.75) is 38.0 Å². The fourth-order valence-corrected chi connectivity index (χ4v) is 3.71. The topological polar surface area (TPSA) is 91.3 Å². The van der Waals surface area contributed by atoms with E-state index >= 15 is 0 Å². The molecule has 25 heavy (non-hydrogen) atoms. The van der Waals surface area contributed by atoms with E-state index in [4.69, 9.17) is 9.47 Å². The summed E-state index contributed by atoms with van der Waals surface area (Å²) in [5, 5.41) is 8.57. The second-order valence-electron chi connectivity index (χ2n) is 4.91. The van der Waals surface area contributed by atoms with E-state index in [0.29, 0.717) is 10.7 Å². The second kappa shape index (κ2) is 8.91. The highest BCUT2D eigenvalue weighted by Crippen LogP contribution is 2.29. The Kier molecular flexibility index (Phi) is 6.89. The summed E-state index contributed by atoms with van der Waals surface area (Å²) in [5.41, 5.74) is 1.60. The van der Waals surface area contributed by atoms with Gasteiger partial charge in [-0.25, -0.2) is 4.98 Å². The first kappa shape index (κ1) is 19.3. The molecule has 0 aliphatic carbocycles. The quantitative estimate of drug-likeness (QED) is 0.411. The molecule has 0 saturated heterocycles. The molecule has 0 saturated carbocycles. The van der Waals surface area contributed by atoms with Crippen LogP contribution in [-0.4, -0.2) is 45.6 Å². The van der Waals surface area contributed by atoms with E-state index < -0.39 is 17.2 Å². The third-order valence-electron chi connectivity index (χ3n) is 3.02. The van der Waals surface area contributed by atoms with Crippen LogP contribution in [0.2, 0.25) is 0 Å². The maximum absolute atomic E-state index is 12.0. The predicted molar refractivity (Wildman–Crippen MR) is 95.5 cm³/mol. The van der Waals surface area contributed by atoms with Crippen molar-refractivity contribution in [3.63, 3.8) is 0 Å². The summed E-state index contributed by atoms with van der Waals surface area (Å²) in [6.07, 6.45) is 0. The maximum atomic E-state index is 12.0. The molecular weight excluding hydrogens is 362 g/mol. The number of ether oxygens (including phenoxy) is 2. The van der Waals surface area contributed by atoms with Gasteiger partial charge >= 0.3 is 11.9 Å². The molecule has 0 aliphatic rings. The number of nitrogens with zero attached hydrogens (tertiary/aromatic N) is 3. The summed E-state index contributed by atoms with van der Waals surface area (Å²) in [6, 6.07) is 3.51. The summed E-state index contributed by atoms with van der Waals surface area (Å²) in [5.74, 6) is -1.29. The molecule has 2 heterocycles. The highest BCUT2D eigenvalue weighted by atomic mass is 32.2. The van der Waals surface area contributed by atoms with Crippen LogP contribution < -0.4 is 0 Å². The molecule has 0 aromatic carbocycles. The van der Waals surface area contributed by atoms with Crippen LogP contribution in [0.5, 0.6) is 0 Å². The summed E-state index contributed by atoms with van der Waals surface area (Å²) >= 11 is 2.50. The normalized spacial score (nSPS) is 10.8. The standard InChI is InChI=1S/C16H19N3O4S2/c1-5-22-15(20)14(16(21)23-6-2)25-12-8-7-11(18-19-12)13-9(3)17-10(4)24-13/h7-8,14H,5-6H2,1-4H3. The molecule has 0 N–H and O–H groups in total. The zero-order valence-electron chi connectivity index (χ0n) is 14.4. The SMILES string of the molecule is CCOC(=O)C(Sc1ccc(-c2sc(C)nc2C)nn1)C(=O)OCC. The molecule has 2 rings (SSSR count). The Balaban J connectivity index is 2.17. The second-order valence-corrected chi connectivity index (χ2v) is 7.23. The summed E-state index contributed by atoms with van der Waals surface area (Å²) < 4.78 is 9.88. The van der Waals surface area contributed by atoms with Gasteiger partial charge in [-0.2, -0.15) is 0 Å². The van der Waals surface area contributed by atoms with E-state index in [-0.39, 0.29) is 13.2 Å². The van der Waals surface area contributed by atoms with Crippen LogP contribution in [-0.2, 0) is 19.1 Å². The summed E-state index contributed by atoms with van der Waals surface area (Å²) in [7, 11) is 0. The zero-order valence-corrected chi connectivity index (χ0v) is 16.1. The third-order valence-corrected chi connectivity index (χ3v) is 5.19. The first-order valence-corrected chi connectivity index (χ1v) is 9.43. The van der Waals surface area contributed by atoms with E-state index in [0.717, 1.165) is 27.3 Å². The number of hydrogen-bond donors (Lipinski definition) is 0. The van der Waals surface area contributed by atoms with Gasteiger partial charge in [-0.3, -0.25) is 9.59 Å². The van der Waals surface area contributed by atoms with E-state index in [9.17, 15) is 9.59 Å². The lowest BCUT2D eigenvalue weighted by Crippen LogP contribution is -2.31. The number of carbonyl (C=O) groups is 2. The van der Waals surface area contributed by atoms with Gasteiger partial charge < -0.3 is 9.47 Å². The van der Waals surface area contributed by atoms with Crippen LogP contribution in [0.3, 0.4) is 0 Å². The Morgan fingerprint density at radius 1 is 1.12 bits per heavy atom. The lowest BCUT2D eigenvalue weighted by Gasteiger charge is -2.13. The lowest BCUT2D eigenvalue weighted by molar-refractivity contribution is -0.152. The molecule has 2 aromatic heterocycles. The molecular formula is C16H19N3O4S2. The molecule has 0 spiro atoms. The van der Waals surface area contributed by atoms with Gasteiger partial charge in [-0.1, -0.05) is 11.8 Å². The van der Waals surface area contributed by atoms with Crippen molar-refractivity contribution in [1.82, 2.24) is 15.2 Å². The number of rotatable bonds is 7. The first-order chi connectivity index (χ1) is 12.0. The van der Waals surface area contributed by atoms with Crippen LogP contribution in [0.4, 0.5) is 0 Å². The molecule has 0 unspecified atom stereocenters. The van der Waals surface area contributed by atoms with Gasteiger partial charge in [-0.15, -0.1) is 21.5 Å². The zero-order chi connectivity index (χ0) is 18.4. The van der Waals surface area contributed by atoms with Crippen LogP contribution >= 0.6 is 23.1 Å². The molecule has 0 bridgehead atoms. The van der Waals surface area contributed by atoms with Crippen molar-refractivity contribution in [2.75, 3.05) is 13.2 Å². The summed E-state index contributed by atoms with van der Waals surface area (Å²) in [6.45, 7) is 7.58. The Morgan fingerprint density at radius 3 is 2.20 bits per heavy atom. The molecule has 134 valence electrons. The van der Waals surface area contributed by atoms with Gasteiger partial charge in [0.15, 0.2) is 0 Å². The lowest BCUT2D eigenvalue weighted by atomic mass is 10.3. The predicted octanol–water partition coefficient (Wildman–Crippen LogP) is 2.80. The van der Waals surface area contributed by atoms with E-state index in [1.807, 2.05) is 13.8 Å². The Hall–Kier alpha value is -2.00. The Bertz CT molecular complexity index is 728. The summed E-state index contributed by atoms with van der Waals surface area (Å²) in [4.78, 5) is 29.3. The highest BCUT2D eigenvalue weighted by Gasteiger charge is 2.31. The average Bonchev–Trinajstić information content (AvgIpc) is 2.92. The Labute approximate surface area is 154 Å². The molecule has 0 atom stereocenters. The molecule has 0 radical (unpaired) electrons. The number of thioether (sulfide) groups is 1. The van der Waals surface area contributed by atoms with E-state index in [1.54, 1.807) is 37.3 Å². The van der Waals surface area contributed by atoms with E-state index in [1.165, 1.54) is 0 Å². The molecule has 0 aliphatic heterocycles. The molecule has 2 aromatic rings. The van der Waals surface area contributed by atoms with Crippen molar-refractivity contribution in [2.24, 2.45) is 0 Å². The number of carbonyl (C=O) groups excluding carboxylic acids is 2. The van der Waals surface area contributed by atoms with Gasteiger partial charge in [-0.05, 0) is 39.8 Å². The molecule has 7 nitrogen and oxygen atoms in total. The van der Waals surface area contributed by atoms with Gasteiger partial charge in [0.2, 0.25) is 5.25 Å². The van der Waals surface area contributed by atoms with Crippen molar-refractivity contribution in [3.8, 4) is 10.6 Å². The number of hydrogen-bond acceptors (Lipinski definition) is 9. The first-order valence-electron chi connectivity index (χ1n) is 7.74. The number of esters is 2. The van der Waals surface area contributed by atoms with Gasteiger partial charge in [0, 0.05) is 0 Å². The van der Waals surface area contributed by atoms with Crippen molar-refractivity contribution >= 4 is 35.0 Å². The fourth-order valence-electron chi connectivity index (χ4n) is 2.02. The minimum Gasteiger partial charge on any atom is -0.465 e. The molecule has 9 heteroatoms. The van der Waals surface area contributed by atoms with Crippen LogP contribution in [0.25, 0.3) is 10.6 Å². The maximum Gasteiger partial charge on any atom is 0.331 e. The van der Waals surface area contributed by atoms with E-state index in [2.05, 4.69) is 15.2 Å². The van der Waals surface area contributed by atoms with Crippen LogP contribution in [0, 0.1) is 13.8 Å². The molecule has 0 fully saturated rings. The minimum atomic E-state index is -1.12. The van der Waals surface area contributed by atoms with Crippen LogP contribution in [0.15, 0.2) is 17.2 Å². The smallest absolute Gasteiger partial charge is 0.331 e. The largest absolute Gasteiger partial charge is 0.465 e. The molecule has 0 amide bonds. The number of aromatic nitrogens is 3. The minimum absolute atomic E-state index is 0.184. The Morgan fingerprint density at radius 2 is 1.76 bits per heavy atom. The third kappa shape index (κ3) is 4.99. The van der Waals surface area contributed by atoms with Crippen molar-refractivity contribution in [1.29, 1.82) is 0 Å². The van der Waals surface area contributed by atoms with Gasteiger partial charge in [0.05, 0.1) is 28.8 Å². The average molecular weight is 381 g/mol. The fraction of sp³-hybridized carbons (Fsp3) is 0.438. The number of aryl methyl sites for hydroxylation is 2. The van der Waals surface area contributed by atoms with Gasteiger partial charge in [0.1, 0.15) is 10.7 Å².